The summed E-state index contributed by atoms with van der Waals surface area (Å²) in [6.07, 6.45) is -1.05. The minimum atomic E-state index is -1.18. The molecule has 0 fully saturated rings. The molecule has 10 nitrogen and oxygen atoms in total. The molecule has 0 aliphatic rings. The van der Waals surface area contributed by atoms with Crippen LogP contribution in [0.4, 0.5) is 10.5 Å². The summed E-state index contributed by atoms with van der Waals surface area (Å²) >= 11 is 0. The predicted octanol–water partition coefficient (Wildman–Crippen LogP) is 4.78. The number of ether oxygens (including phenoxy) is 2. The molecule has 0 heterocycles. The van der Waals surface area contributed by atoms with Gasteiger partial charge in [-0.1, -0.05) is 23.8 Å². The molecule has 224 valence electrons. The second-order valence-electron chi connectivity index (χ2n) is 12.1. The number of primary amides is 1. The number of methoxy groups -OCH3 is 1. The Hall–Kier alpha value is -4.08. The maximum Gasteiger partial charge on any atom is 0.408 e. The molecule has 0 spiro atoms. The van der Waals surface area contributed by atoms with Crippen LogP contribution in [0.1, 0.15) is 77.1 Å². The van der Waals surface area contributed by atoms with Gasteiger partial charge >= 0.3 is 6.09 Å². The van der Waals surface area contributed by atoms with Gasteiger partial charge < -0.3 is 30.7 Å². The van der Waals surface area contributed by atoms with E-state index in [2.05, 4.69) is 10.6 Å². The largest absolute Gasteiger partial charge is 0.497 e. The number of nitrogens with one attached hydrogen (secondary N) is 2. The van der Waals surface area contributed by atoms with Crippen LogP contribution in [0.5, 0.6) is 5.75 Å². The van der Waals surface area contributed by atoms with Gasteiger partial charge in [-0.3, -0.25) is 14.4 Å². The summed E-state index contributed by atoms with van der Waals surface area (Å²) in [5.41, 5.74) is 6.55. The first-order chi connectivity index (χ1) is 18.9. The number of anilines is 1. The number of aryl methyl sites for hydroxylation is 2. The van der Waals surface area contributed by atoms with E-state index in [4.69, 9.17) is 15.2 Å². The molecule has 2 unspecified atom stereocenters. The Morgan fingerprint density at radius 1 is 0.951 bits per heavy atom. The Balaban J connectivity index is 2.64. The molecule has 2 aromatic carbocycles. The summed E-state index contributed by atoms with van der Waals surface area (Å²) in [7, 11) is 1.55. The normalized spacial score (nSPS) is 13.0. The molecular formula is C31H44N4O6. The first-order valence-electron chi connectivity index (χ1n) is 13.6. The molecule has 0 aliphatic carbocycles. The van der Waals surface area contributed by atoms with Crippen molar-refractivity contribution in [3.63, 3.8) is 0 Å². The highest BCUT2D eigenvalue weighted by Crippen LogP contribution is 2.34. The van der Waals surface area contributed by atoms with Crippen LogP contribution in [-0.2, 0) is 19.1 Å². The summed E-state index contributed by atoms with van der Waals surface area (Å²) in [5.74, 6) is -0.996. The topological polar surface area (TPSA) is 140 Å². The summed E-state index contributed by atoms with van der Waals surface area (Å²) in [4.78, 5) is 54.3. The van der Waals surface area contributed by atoms with Gasteiger partial charge in [0.2, 0.25) is 11.8 Å². The summed E-state index contributed by atoms with van der Waals surface area (Å²) < 4.78 is 10.6. The number of amides is 4. The lowest BCUT2D eigenvalue weighted by Gasteiger charge is -2.43. The molecule has 2 rings (SSSR count). The fourth-order valence-corrected chi connectivity index (χ4v) is 4.34. The molecule has 2 aromatic rings. The number of carbonyl (C=O) groups is 4. The number of benzene rings is 2. The van der Waals surface area contributed by atoms with Crippen molar-refractivity contribution in [2.75, 3.05) is 12.4 Å². The monoisotopic (exact) mass is 568 g/mol. The summed E-state index contributed by atoms with van der Waals surface area (Å²) in [6.45, 7) is 14.3. The number of nitrogens with zero attached hydrogens (tertiary/aromatic N) is 1. The maximum atomic E-state index is 14.4. The average Bonchev–Trinajstić information content (AvgIpc) is 2.84. The zero-order chi connectivity index (χ0) is 31.1. The van der Waals surface area contributed by atoms with Gasteiger partial charge in [-0.2, -0.15) is 0 Å². The zero-order valence-electron chi connectivity index (χ0n) is 25.6. The fraction of sp³-hybridized carbons (Fsp3) is 0.484. The van der Waals surface area contributed by atoms with E-state index in [0.29, 0.717) is 17.0 Å². The molecule has 0 saturated heterocycles. The average molecular weight is 569 g/mol. The van der Waals surface area contributed by atoms with E-state index < -0.39 is 47.0 Å². The molecule has 0 saturated carbocycles. The number of hydrogen-bond acceptors (Lipinski definition) is 6. The molecule has 0 aromatic heterocycles. The molecule has 0 bridgehead atoms. The fourth-order valence-electron chi connectivity index (χ4n) is 4.34. The number of alkyl carbamates (subject to hydrolysis) is 1. The van der Waals surface area contributed by atoms with Gasteiger partial charge in [0.1, 0.15) is 23.4 Å². The van der Waals surface area contributed by atoms with E-state index >= 15 is 0 Å². The second kappa shape index (κ2) is 13.5. The quantitative estimate of drug-likeness (QED) is 0.377. The molecule has 10 heteroatoms. The summed E-state index contributed by atoms with van der Waals surface area (Å²) in [6, 6.07) is 10.3. The van der Waals surface area contributed by atoms with Crippen molar-refractivity contribution in [3.05, 3.63) is 59.2 Å². The Kier molecular flexibility index (Phi) is 10.9. The van der Waals surface area contributed by atoms with Crippen LogP contribution >= 0.6 is 0 Å². The first-order valence-corrected chi connectivity index (χ1v) is 13.6. The Labute approximate surface area is 242 Å². The van der Waals surface area contributed by atoms with Crippen LogP contribution in [0.3, 0.4) is 0 Å². The summed E-state index contributed by atoms with van der Waals surface area (Å²) in [5, 5.41) is 5.54. The molecule has 41 heavy (non-hydrogen) atoms. The third-order valence-corrected chi connectivity index (χ3v) is 6.22. The van der Waals surface area contributed by atoms with Crippen molar-refractivity contribution in [2.24, 2.45) is 5.73 Å². The third kappa shape index (κ3) is 9.81. The minimum Gasteiger partial charge on any atom is -0.497 e. The molecule has 4 amide bonds. The van der Waals surface area contributed by atoms with E-state index in [-0.39, 0.29) is 12.8 Å². The van der Waals surface area contributed by atoms with Gasteiger partial charge in [0.05, 0.1) is 7.11 Å². The highest BCUT2D eigenvalue weighted by molar-refractivity contribution is 5.99. The van der Waals surface area contributed by atoms with Gasteiger partial charge in [-0.15, -0.1) is 0 Å². The smallest absolute Gasteiger partial charge is 0.408 e. The lowest BCUT2D eigenvalue weighted by molar-refractivity contribution is -0.147. The van der Waals surface area contributed by atoms with Crippen molar-refractivity contribution in [2.45, 2.75) is 91.5 Å². The van der Waals surface area contributed by atoms with Crippen LogP contribution in [0.2, 0.25) is 0 Å². The van der Waals surface area contributed by atoms with E-state index in [9.17, 15) is 19.2 Å². The van der Waals surface area contributed by atoms with Gasteiger partial charge in [0.25, 0.3) is 5.91 Å². The minimum absolute atomic E-state index is 0.0698. The molecule has 0 aliphatic heterocycles. The van der Waals surface area contributed by atoms with Crippen molar-refractivity contribution < 1.29 is 28.7 Å². The van der Waals surface area contributed by atoms with Gasteiger partial charge in [-0.25, -0.2) is 4.79 Å². The van der Waals surface area contributed by atoms with E-state index in [1.54, 1.807) is 52.1 Å². The van der Waals surface area contributed by atoms with E-state index in [0.717, 1.165) is 11.1 Å². The highest BCUT2D eigenvalue weighted by Gasteiger charge is 2.42. The predicted molar refractivity (Wildman–Crippen MR) is 158 cm³/mol. The number of nitrogens with two attached hydrogens (primary N) is 1. The first kappa shape index (κ1) is 33.1. The van der Waals surface area contributed by atoms with Crippen molar-refractivity contribution in [3.8, 4) is 5.75 Å². The third-order valence-electron chi connectivity index (χ3n) is 6.22. The lowest BCUT2D eigenvalue weighted by atomic mass is 9.91. The van der Waals surface area contributed by atoms with Crippen LogP contribution in [0, 0.1) is 13.8 Å². The van der Waals surface area contributed by atoms with Gasteiger partial charge in [0, 0.05) is 17.6 Å². The van der Waals surface area contributed by atoms with Crippen LogP contribution in [-0.4, -0.2) is 53.0 Å². The van der Waals surface area contributed by atoms with Crippen LogP contribution in [0.25, 0.3) is 0 Å². The van der Waals surface area contributed by atoms with E-state index in [1.165, 1.54) is 4.90 Å². The van der Waals surface area contributed by atoms with Gasteiger partial charge in [0.15, 0.2) is 0 Å². The number of rotatable bonds is 10. The van der Waals surface area contributed by atoms with Gasteiger partial charge in [-0.05, 0) is 97.2 Å². The molecule has 2 atom stereocenters. The van der Waals surface area contributed by atoms with Crippen molar-refractivity contribution in [1.82, 2.24) is 10.2 Å². The maximum absolute atomic E-state index is 14.4. The van der Waals surface area contributed by atoms with E-state index in [1.807, 2.05) is 52.8 Å². The Morgan fingerprint density at radius 3 is 2.07 bits per heavy atom. The van der Waals surface area contributed by atoms with Crippen LogP contribution < -0.4 is 21.1 Å². The lowest BCUT2D eigenvalue weighted by Crippen LogP contribution is -2.58. The van der Waals surface area contributed by atoms with Crippen LogP contribution in [0.15, 0.2) is 42.5 Å². The highest BCUT2D eigenvalue weighted by atomic mass is 16.6. The Bertz CT molecular complexity index is 1240. The standard InChI is InChI=1S/C31H44N4O6/c1-19-10-11-20(2)23(18-19)26(27(37)33-21-12-14-22(40-9)15-13-21)35(30(3,4)5)28(38)24(16-17-25(32)36)34-29(39)41-31(6,7)8/h10-15,18,24,26H,16-17H2,1-9H3,(H2,32,36)(H,33,37)(H,34,39). The Morgan fingerprint density at radius 2 is 1.56 bits per heavy atom. The second-order valence-corrected chi connectivity index (χ2v) is 12.1. The number of carbonyl (C=O) groups excluding carboxylic acids is 4. The zero-order valence-corrected chi connectivity index (χ0v) is 25.6. The SMILES string of the molecule is COc1ccc(NC(=O)C(c2cc(C)ccc2C)N(C(=O)C(CCC(N)=O)NC(=O)OC(C)(C)C)C(C)(C)C)cc1. The molecule has 4 N–H and O–H groups in total. The van der Waals surface area contributed by atoms with Crippen molar-refractivity contribution >= 4 is 29.5 Å². The van der Waals surface area contributed by atoms with Crippen molar-refractivity contribution in [1.29, 1.82) is 0 Å². The number of hydrogen-bond donors (Lipinski definition) is 3. The molecular weight excluding hydrogens is 524 g/mol. The molecule has 0 radical (unpaired) electrons.